The minimum Gasteiger partial charge on any atom is -0.392 e. The predicted octanol–water partition coefficient (Wildman–Crippen LogP) is 8.34. The van der Waals surface area contributed by atoms with Crippen molar-refractivity contribution in [3.05, 3.63) is 77.5 Å². The summed E-state index contributed by atoms with van der Waals surface area (Å²) >= 11 is 0. The largest absolute Gasteiger partial charge is 0.392 e. The molecule has 39 heavy (non-hydrogen) atoms. The third-order valence-corrected chi connectivity index (χ3v) is 7.84. The molecule has 0 fully saturated rings. The Morgan fingerprint density at radius 1 is 0.821 bits per heavy atom. The van der Waals surface area contributed by atoms with Crippen molar-refractivity contribution in [1.82, 2.24) is 4.98 Å². The van der Waals surface area contributed by atoms with Gasteiger partial charge in [0.05, 0.1) is 12.2 Å². The zero-order chi connectivity index (χ0) is 28.7. The van der Waals surface area contributed by atoms with Gasteiger partial charge in [-0.2, -0.15) is 0 Å². The van der Waals surface area contributed by atoms with Gasteiger partial charge in [-0.15, -0.1) is 29.3 Å². The topological polar surface area (TPSA) is 53.4 Å². The number of benzene rings is 2. The molecule has 1 aliphatic rings. The summed E-state index contributed by atoms with van der Waals surface area (Å²) in [5.74, 6) is 0. The summed E-state index contributed by atoms with van der Waals surface area (Å²) in [6.07, 6.45) is 1.49. The van der Waals surface area contributed by atoms with E-state index >= 15 is 0 Å². The van der Waals surface area contributed by atoms with Gasteiger partial charge in [0.1, 0.15) is 0 Å². The van der Waals surface area contributed by atoms with Crippen LogP contribution in [0.4, 0.5) is 0 Å². The van der Waals surface area contributed by atoms with Gasteiger partial charge >= 0.3 is 0 Å². The Morgan fingerprint density at radius 2 is 1.38 bits per heavy atom. The first-order chi connectivity index (χ1) is 17.3. The van der Waals surface area contributed by atoms with Crippen molar-refractivity contribution in [3.8, 4) is 22.4 Å². The quantitative estimate of drug-likeness (QED) is 0.270. The van der Waals surface area contributed by atoms with Crippen molar-refractivity contribution in [2.75, 3.05) is 0 Å². The van der Waals surface area contributed by atoms with E-state index in [0.717, 1.165) is 11.3 Å². The Balaban J connectivity index is 0.000000328. The number of pyridine rings is 1. The summed E-state index contributed by atoms with van der Waals surface area (Å²) in [4.78, 5) is 4.70. The van der Waals surface area contributed by atoms with Crippen LogP contribution in [-0.4, -0.2) is 27.4 Å². The van der Waals surface area contributed by atoms with E-state index in [1.807, 2.05) is 53.8 Å². The number of hydrogen-bond donors (Lipinski definition) is 2. The van der Waals surface area contributed by atoms with Crippen LogP contribution in [0.1, 0.15) is 99.3 Å². The number of fused-ring (bicyclic) bond motifs is 3. The standard InChI is InChI=1S/C24H24N.C11H24O2.Ir/c1-23(2,3)16-13-14-25-21(15-16)19-11-8-10-18-17-9-6-7-12-20(17)24(4,5)22(18)19;1-10(2,3)8(12)7-9(13)11(4,5)6;/h6-10,12-15H,1-5H3;8-9,12-13H,7H2,1-6H3;/q-1;;. The third kappa shape index (κ3) is 7.47. The minimum atomic E-state index is -0.443. The molecule has 0 amide bonds. The van der Waals surface area contributed by atoms with E-state index in [1.165, 1.54) is 27.8 Å². The normalized spacial score (nSPS) is 15.7. The third-order valence-electron chi connectivity index (χ3n) is 7.84. The molecular weight excluding hydrogens is 659 g/mol. The van der Waals surface area contributed by atoms with E-state index in [9.17, 15) is 10.2 Å². The van der Waals surface area contributed by atoms with E-state index in [4.69, 9.17) is 4.98 Å². The molecule has 0 bridgehead atoms. The number of aromatic nitrogens is 1. The van der Waals surface area contributed by atoms with Crippen LogP contribution in [0.25, 0.3) is 22.4 Å². The minimum absolute atomic E-state index is 0. The molecule has 2 unspecified atom stereocenters. The molecule has 0 spiro atoms. The molecule has 4 rings (SSSR count). The number of aliphatic hydroxyl groups excluding tert-OH is 2. The maximum Gasteiger partial charge on any atom is 0.0613 e. The number of nitrogens with zero attached hydrogens (tertiary/aromatic N) is 1. The Morgan fingerprint density at radius 3 is 1.92 bits per heavy atom. The van der Waals surface area contributed by atoms with E-state index in [-0.39, 0.29) is 41.8 Å². The first-order valence-electron chi connectivity index (χ1n) is 13.8. The number of aliphatic hydroxyl groups is 2. The molecule has 1 radical (unpaired) electrons. The summed E-state index contributed by atoms with van der Waals surface area (Å²) in [6.45, 7) is 23.2. The molecule has 3 nitrogen and oxygen atoms in total. The monoisotopic (exact) mass is 707 g/mol. The van der Waals surface area contributed by atoms with Crippen LogP contribution in [-0.2, 0) is 30.9 Å². The van der Waals surface area contributed by atoms with E-state index in [2.05, 4.69) is 83.1 Å². The zero-order valence-electron chi connectivity index (χ0n) is 25.7. The predicted molar refractivity (Wildman–Crippen MR) is 160 cm³/mol. The summed E-state index contributed by atoms with van der Waals surface area (Å²) in [5.41, 5.74) is 8.60. The Kier molecular flexibility index (Phi) is 10.2. The maximum atomic E-state index is 9.76. The van der Waals surface area contributed by atoms with Crippen LogP contribution >= 0.6 is 0 Å². The van der Waals surface area contributed by atoms with E-state index in [0.29, 0.717) is 6.42 Å². The van der Waals surface area contributed by atoms with Gasteiger partial charge in [-0.25, -0.2) is 0 Å². The molecule has 0 saturated carbocycles. The number of rotatable bonds is 3. The van der Waals surface area contributed by atoms with Gasteiger partial charge in [0, 0.05) is 32.7 Å². The van der Waals surface area contributed by atoms with Gasteiger partial charge in [0.15, 0.2) is 0 Å². The summed E-state index contributed by atoms with van der Waals surface area (Å²) in [7, 11) is 0. The van der Waals surface area contributed by atoms with Crippen LogP contribution in [0.5, 0.6) is 0 Å². The van der Waals surface area contributed by atoms with E-state index < -0.39 is 12.2 Å². The van der Waals surface area contributed by atoms with Crippen molar-refractivity contribution < 1.29 is 30.3 Å². The first-order valence-corrected chi connectivity index (χ1v) is 13.8. The zero-order valence-corrected chi connectivity index (χ0v) is 28.1. The van der Waals surface area contributed by atoms with Crippen molar-refractivity contribution in [1.29, 1.82) is 0 Å². The van der Waals surface area contributed by atoms with Crippen LogP contribution in [0.3, 0.4) is 0 Å². The van der Waals surface area contributed by atoms with Gasteiger partial charge in [-0.1, -0.05) is 112 Å². The molecule has 215 valence electrons. The molecule has 1 aromatic heterocycles. The molecule has 3 aromatic rings. The summed E-state index contributed by atoms with van der Waals surface area (Å²) in [6, 6.07) is 20.8. The molecule has 2 atom stereocenters. The molecule has 0 aliphatic heterocycles. The van der Waals surface area contributed by atoms with Crippen molar-refractivity contribution in [2.24, 2.45) is 10.8 Å². The molecule has 1 aliphatic carbocycles. The average Bonchev–Trinajstić information content (AvgIpc) is 3.05. The molecule has 4 heteroatoms. The first kappa shape index (κ1) is 33.4. The molecular formula is C35H48IrNO2-. The summed E-state index contributed by atoms with van der Waals surface area (Å²) in [5, 5.41) is 19.5. The Bertz CT molecular complexity index is 1240. The fourth-order valence-corrected chi connectivity index (χ4v) is 4.92. The molecule has 1 heterocycles. The van der Waals surface area contributed by atoms with Gasteiger partial charge in [0.2, 0.25) is 0 Å². The van der Waals surface area contributed by atoms with Gasteiger partial charge in [-0.3, -0.25) is 0 Å². The van der Waals surface area contributed by atoms with Crippen LogP contribution < -0.4 is 0 Å². The van der Waals surface area contributed by atoms with E-state index in [1.54, 1.807) is 0 Å². The molecule has 2 N–H and O–H groups in total. The fraction of sp³-hybridized carbons (Fsp3) is 0.514. The van der Waals surface area contributed by atoms with Crippen LogP contribution in [0.15, 0.2) is 54.7 Å². The number of hydrogen-bond acceptors (Lipinski definition) is 3. The SMILES string of the molecule is CC(C)(C)C(O)CC(O)C(C)(C)C.CC(C)(C)c1ccnc(-c2[c-]ccc3c2C(C)(C)c2ccccc2-3)c1.[Ir]. The molecule has 0 saturated heterocycles. The second-order valence-corrected chi connectivity index (χ2v) is 14.5. The maximum absolute atomic E-state index is 9.76. The van der Waals surface area contributed by atoms with Gasteiger partial charge in [-0.05, 0) is 50.1 Å². The fourth-order valence-electron chi connectivity index (χ4n) is 4.92. The second kappa shape index (κ2) is 12.0. The smallest absolute Gasteiger partial charge is 0.0613 e. The second-order valence-electron chi connectivity index (χ2n) is 14.5. The Labute approximate surface area is 250 Å². The summed E-state index contributed by atoms with van der Waals surface area (Å²) < 4.78 is 0. The molecule has 2 aromatic carbocycles. The van der Waals surface area contributed by atoms with Crippen molar-refractivity contribution >= 4 is 0 Å². The Hall–Kier alpha value is -1.84. The van der Waals surface area contributed by atoms with Crippen LogP contribution in [0.2, 0.25) is 0 Å². The average molecular weight is 707 g/mol. The van der Waals surface area contributed by atoms with Crippen molar-refractivity contribution in [2.45, 2.75) is 106 Å². The van der Waals surface area contributed by atoms with Crippen molar-refractivity contribution in [3.63, 3.8) is 0 Å². The van der Waals surface area contributed by atoms with Gasteiger partial charge in [0.25, 0.3) is 0 Å². The van der Waals surface area contributed by atoms with Crippen LogP contribution in [0, 0.1) is 16.9 Å². The van der Waals surface area contributed by atoms with Gasteiger partial charge < -0.3 is 15.2 Å².